The summed E-state index contributed by atoms with van der Waals surface area (Å²) in [5.74, 6) is -1.39. The van der Waals surface area contributed by atoms with E-state index < -0.39 is 18.2 Å². The molecule has 28 heavy (non-hydrogen) atoms. The van der Waals surface area contributed by atoms with Gasteiger partial charge in [0, 0.05) is 31.3 Å². The van der Waals surface area contributed by atoms with Crippen molar-refractivity contribution in [2.75, 3.05) is 20.2 Å². The van der Waals surface area contributed by atoms with Gasteiger partial charge in [-0.25, -0.2) is 9.50 Å². The number of morpholine rings is 1. The molecule has 1 saturated heterocycles. The van der Waals surface area contributed by atoms with Crippen molar-refractivity contribution in [2.45, 2.75) is 50.8 Å². The normalized spacial score (nSPS) is 26.8. The fourth-order valence-electron chi connectivity index (χ4n) is 4.15. The molecule has 0 radical (unpaired) electrons. The molecule has 0 N–H and O–H groups in total. The third-order valence-corrected chi connectivity index (χ3v) is 5.79. The quantitative estimate of drug-likeness (QED) is 0.781. The van der Waals surface area contributed by atoms with E-state index >= 15 is 0 Å². The van der Waals surface area contributed by atoms with Crippen molar-refractivity contribution in [1.82, 2.24) is 19.5 Å². The number of rotatable bonds is 2. The molecule has 0 spiro atoms. The van der Waals surface area contributed by atoms with Crippen LogP contribution in [-0.2, 0) is 9.53 Å². The largest absolute Gasteiger partial charge is 0.391 e. The van der Waals surface area contributed by atoms with Crippen LogP contribution >= 0.6 is 0 Å². The number of carbonyl (C=O) groups excluding carboxylic acids is 1. The van der Waals surface area contributed by atoms with Crippen LogP contribution in [0.25, 0.3) is 5.65 Å². The number of carbonyl (C=O) groups is 1. The summed E-state index contributed by atoms with van der Waals surface area (Å²) < 4.78 is 46.1. The summed E-state index contributed by atoms with van der Waals surface area (Å²) in [5.41, 5.74) is 2.66. The van der Waals surface area contributed by atoms with Crippen LogP contribution in [-0.4, -0.2) is 51.8 Å². The Labute approximate surface area is 160 Å². The minimum absolute atomic E-state index is 0.0286. The van der Waals surface area contributed by atoms with Crippen LogP contribution in [0.3, 0.4) is 0 Å². The maximum absolute atomic E-state index is 12.9. The second-order valence-corrected chi connectivity index (χ2v) is 7.76. The summed E-state index contributed by atoms with van der Waals surface area (Å²) in [6, 6.07) is 3.61. The predicted octanol–water partition coefficient (Wildman–Crippen LogP) is 3.40. The lowest BCUT2D eigenvalue weighted by Gasteiger charge is -2.30. The zero-order chi connectivity index (χ0) is 20.1. The number of likely N-dealkylation sites (N-methyl/N-ethyl adjacent to an activating group) is 1. The molecule has 0 aromatic carbocycles. The van der Waals surface area contributed by atoms with Gasteiger partial charge in [-0.05, 0) is 38.7 Å². The van der Waals surface area contributed by atoms with Gasteiger partial charge < -0.3 is 9.64 Å². The fraction of sp³-hybridized carbons (Fsp3) is 0.632. The number of nitrogens with zero attached hydrogens (tertiary/aromatic N) is 4. The first-order valence-corrected chi connectivity index (χ1v) is 9.54. The lowest BCUT2D eigenvalue weighted by Crippen LogP contribution is -2.41. The topological polar surface area (TPSA) is 59.7 Å². The Hall–Kier alpha value is -2.16. The van der Waals surface area contributed by atoms with Gasteiger partial charge in [-0.1, -0.05) is 0 Å². The predicted molar refractivity (Wildman–Crippen MR) is 94.8 cm³/mol. The Balaban J connectivity index is 1.64. The number of alkyl halides is 3. The first kappa shape index (κ1) is 19.2. The van der Waals surface area contributed by atoms with Crippen molar-refractivity contribution in [1.29, 1.82) is 0 Å². The molecule has 0 bridgehead atoms. The highest BCUT2D eigenvalue weighted by Gasteiger charge is 2.42. The van der Waals surface area contributed by atoms with Crippen LogP contribution < -0.4 is 0 Å². The number of hydrogen-bond donors (Lipinski definition) is 0. The minimum Gasteiger partial charge on any atom is -0.360 e. The van der Waals surface area contributed by atoms with E-state index in [1.165, 1.54) is 0 Å². The van der Waals surface area contributed by atoms with Gasteiger partial charge in [0.1, 0.15) is 0 Å². The van der Waals surface area contributed by atoms with E-state index in [1.807, 2.05) is 13.0 Å². The van der Waals surface area contributed by atoms with Crippen molar-refractivity contribution >= 4 is 11.6 Å². The smallest absolute Gasteiger partial charge is 0.360 e. The van der Waals surface area contributed by atoms with Gasteiger partial charge in [0.2, 0.25) is 0 Å². The second kappa shape index (κ2) is 7.02. The van der Waals surface area contributed by atoms with Crippen LogP contribution in [0.2, 0.25) is 0 Å². The monoisotopic (exact) mass is 396 g/mol. The Morgan fingerprint density at radius 3 is 2.57 bits per heavy atom. The highest BCUT2D eigenvalue weighted by Crippen LogP contribution is 2.42. The number of aromatic nitrogens is 3. The SMILES string of the molecule is Cc1cc(C2OCCN(C)C2=O)n2nc([C@H]3CC[C@H](C(F)(F)F)CC3)cc2n1. The number of aryl methyl sites for hydroxylation is 1. The number of hydrogen-bond acceptors (Lipinski definition) is 4. The lowest BCUT2D eigenvalue weighted by molar-refractivity contribution is -0.182. The summed E-state index contributed by atoms with van der Waals surface area (Å²) in [7, 11) is 1.73. The molecule has 1 aliphatic carbocycles. The molecular formula is C19H23F3N4O2. The standard InChI is InChI=1S/C19H23F3N4O2/c1-11-9-15(17-18(27)25(2)7-8-28-17)26-16(23-11)10-14(24-26)12-3-5-13(6-4-12)19(20,21)22/h9-10,12-13,17H,3-8H2,1-2H3/t12-,13-,17?. The van der Waals surface area contributed by atoms with Gasteiger partial charge in [0.25, 0.3) is 5.91 Å². The molecule has 4 rings (SSSR count). The molecule has 1 amide bonds. The summed E-state index contributed by atoms with van der Waals surface area (Å²) in [4.78, 5) is 18.7. The second-order valence-electron chi connectivity index (χ2n) is 7.76. The van der Waals surface area contributed by atoms with E-state index in [1.54, 1.807) is 22.5 Å². The zero-order valence-electron chi connectivity index (χ0n) is 15.9. The van der Waals surface area contributed by atoms with E-state index in [0.717, 1.165) is 11.4 Å². The van der Waals surface area contributed by atoms with Gasteiger partial charge in [-0.3, -0.25) is 4.79 Å². The molecular weight excluding hydrogens is 373 g/mol. The Bertz CT molecular complexity index is 887. The molecule has 2 aromatic heterocycles. The number of fused-ring (bicyclic) bond motifs is 1. The van der Waals surface area contributed by atoms with E-state index in [9.17, 15) is 18.0 Å². The maximum Gasteiger partial charge on any atom is 0.391 e. The molecule has 3 heterocycles. The van der Waals surface area contributed by atoms with E-state index in [-0.39, 0.29) is 24.7 Å². The maximum atomic E-state index is 12.9. The summed E-state index contributed by atoms with van der Waals surface area (Å²) in [6.45, 7) is 2.81. The molecule has 1 saturated carbocycles. The summed E-state index contributed by atoms with van der Waals surface area (Å²) >= 11 is 0. The summed E-state index contributed by atoms with van der Waals surface area (Å²) in [5, 5.41) is 4.62. The fourth-order valence-corrected chi connectivity index (χ4v) is 4.15. The van der Waals surface area contributed by atoms with E-state index in [0.29, 0.717) is 37.3 Å². The molecule has 1 unspecified atom stereocenters. The highest BCUT2D eigenvalue weighted by atomic mass is 19.4. The number of halogens is 3. The van der Waals surface area contributed by atoms with Crippen molar-refractivity contribution in [3.8, 4) is 0 Å². The third kappa shape index (κ3) is 3.47. The Kier molecular flexibility index (Phi) is 4.81. The molecule has 9 heteroatoms. The van der Waals surface area contributed by atoms with Gasteiger partial charge in [-0.15, -0.1) is 0 Å². The van der Waals surface area contributed by atoms with Gasteiger partial charge in [-0.2, -0.15) is 18.3 Å². The van der Waals surface area contributed by atoms with Gasteiger partial charge in [0.05, 0.1) is 23.9 Å². The Morgan fingerprint density at radius 2 is 1.89 bits per heavy atom. The molecule has 1 atom stereocenters. The average Bonchev–Trinajstić information content (AvgIpc) is 3.07. The average molecular weight is 396 g/mol. The summed E-state index contributed by atoms with van der Waals surface area (Å²) in [6.07, 6.45) is -3.74. The van der Waals surface area contributed by atoms with Crippen LogP contribution in [0.15, 0.2) is 12.1 Å². The van der Waals surface area contributed by atoms with Crippen LogP contribution in [0, 0.1) is 12.8 Å². The molecule has 2 aromatic rings. The molecule has 152 valence electrons. The molecule has 6 nitrogen and oxygen atoms in total. The van der Waals surface area contributed by atoms with Crippen molar-refractivity contribution < 1.29 is 22.7 Å². The van der Waals surface area contributed by atoms with Crippen molar-refractivity contribution in [3.63, 3.8) is 0 Å². The third-order valence-electron chi connectivity index (χ3n) is 5.79. The zero-order valence-corrected chi connectivity index (χ0v) is 15.9. The minimum atomic E-state index is -4.12. The lowest BCUT2D eigenvalue weighted by atomic mass is 9.80. The van der Waals surface area contributed by atoms with Crippen LogP contribution in [0.5, 0.6) is 0 Å². The number of amides is 1. The molecule has 2 fully saturated rings. The van der Waals surface area contributed by atoms with Gasteiger partial charge >= 0.3 is 6.18 Å². The van der Waals surface area contributed by atoms with Crippen LogP contribution in [0.4, 0.5) is 13.2 Å². The number of ether oxygens (including phenoxy) is 1. The van der Waals surface area contributed by atoms with E-state index in [2.05, 4.69) is 10.1 Å². The highest BCUT2D eigenvalue weighted by molar-refractivity contribution is 5.82. The first-order chi connectivity index (χ1) is 13.2. The Morgan fingerprint density at radius 1 is 1.18 bits per heavy atom. The van der Waals surface area contributed by atoms with Crippen molar-refractivity contribution in [3.05, 3.63) is 29.2 Å². The van der Waals surface area contributed by atoms with Crippen LogP contribution in [0.1, 0.15) is 54.8 Å². The van der Waals surface area contributed by atoms with E-state index in [4.69, 9.17) is 4.74 Å². The van der Waals surface area contributed by atoms with Crippen molar-refractivity contribution in [2.24, 2.45) is 5.92 Å². The molecule has 2 aliphatic rings. The van der Waals surface area contributed by atoms with Gasteiger partial charge in [0.15, 0.2) is 11.8 Å². The molecule has 1 aliphatic heterocycles. The first-order valence-electron chi connectivity index (χ1n) is 9.54.